The number of nitrogens with one attached hydrogen (secondary N) is 1. The first-order valence-electron chi connectivity index (χ1n) is 13.3. The van der Waals surface area contributed by atoms with Gasteiger partial charge in [0.15, 0.2) is 5.82 Å². The molecular formula is C28H30F3N7O4. The molecule has 1 N–H and O–H groups in total. The van der Waals surface area contributed by atoms with Crippen LogP contribution in [-0.4, -0.2) is 57.8 Å². The van der Waals surface area contributed by atoms with E-state index in [9.17, 15) is 18.0 Å². The largest absolute Gasteiger partial charge is 0.497 e. The number of hydrogen-bond donors (Lipinski definition) is 1. The fourth-order valence-corrected chi connectivity index (χ4v) is 4.49. The van der Waals surface area contributed by atoms with Crippen molar-refractivity contribution in [2.24, 2.45) is 0 Å². The Balaban J connectivity index is 1.15. The van der Waals surface area contributed by atoms with Crippen LogP contribution in [0.2, 0.25) is 0 Å². The first kappa shape index (κ1) is 29.0. The molecule has 14 heteroatoms. The number of alkyl halides is 3. The minimum Gasteiger partial charge on any atom is -0.497 e. The number of aromatic nitrogens is 5. The lowest BCUT2D eigenvalue weighted by Crippen LogP contribution is -2.45. The maximum atomic E-state index is 13.9. The molecule has 4 aromatic rings. The summed E-state index contributed by atoms with van der Waals surface area (Å²) in [6.07, 6.45) is -2.07. The van der Waals surface area contributed by atoms with Crippen molar-refractivity contribution >= 4 is 11.5 Å². The monoisotopic (exact) mass is 585 g/mol. The van der Waals surface area contributed by atoms with Gasteiger partial charge in [0.1, 0.15) is 23.7 Å². The molecule has 1 aliphatic heterocycles. The second kappa shape index (κ2) is 12.2. The molecule has 1 unspecified atom stereocenters. The topological polar surface area (TPSA) is 120 Å². The van der Waals surface area contributed by atoms with E-state index in [2.05, 4.69) is 30.4 Å². The van der Waals surface area contributed by atoms with Crippen LogP contribution in [0, 0.1) is 6.92 Å². The van der Waals surface area contributed by atoms with E-state index < -0.39 is 29.0 Å². The summed E-state index contributed by atoms with van der Waals surface area (Å²) >= 11 is 0. The lowest BCUT2D eigenvalue weighted by atomic mass is 9.99. The normalized spacial score (nSPS) is 14.5. The Morgan fingerprint density at radius 2 is 1.90 bits per heavy atom. The van der Waals surface area contributed by atoms with Gasteiger partial charge < -0.3 is 24.2 Å². The summed E-state index contributed by atoms with van der Waals surface area (Å²) in [6, 6.07) is 10.0. The summed E-state index contributed by atoms with van der Waals surface area (Å²) in [5.74, 6) is 2.42. The molecule has 0 aliphatic carbocycles. The number of nitrogens with zero attached hydrogens (tertiary/aromatic N) is 6. The van der Waals surface area contributed by atoms with Crippen LogP contribution in [0.5, 0.6) is 5.75 Å². The SMILES string of the molecule is COc1ccc(Cn2ncc(NC(C)COCc3nc(C4CN(c5ccc(C)cn5)C4)no3)c(C(F)(F)F)c2=O)cc1. The van der Waals surface area contributed by atoms with Crippen molar-refractivity contribution in [3.63, 3.8) is 0 Å². The Bertz CT molecular complexity index is 1550. The summed E-state index contributed by atoms with van der Waals surface area (Å²) in [7, 11) is 1.50. The molecule has 5 rings (SSSR count). The number of pyridine rings is 1. The summed E-state index contributed by atoms with van der Waals surface area (Å²) in [5, 5.41) is 10.7. The van der Waals surface area contributed by atoms with Gasteiger partial charge >= 0.3 is 6.18 Å². The summed E-state index contributed by atoms with van der Waals surface area (Å²) in [5.41, 5.74) is -1.30. The smallest absolute Gasteiger partial charge is 0.423 e. The second-order valence-corrected chi connectivity index (χ2v) is 10.1. The lowest BCUT2D eigenvalue weighted by Gasteiger charge is -2.38. The van der Waals surface area contributed by atoms with E-state index >= 15 is 0 Å². The van der Waals surface area contributed by atoms with Crippen LogP contribution in [-0.2, 0) is 24.1 Å². The van der Waals surface area contributed by atoms with Crippen LogP contribution in [0.15, 0.2) is 58.1 Å². The van der Waals surface area contributed by atoms with E-state index in [4.69, 9.17) is 14.0 Å². The zero-order valence-electron chi connectivity index (χ0n) is 23.3. The first-order chi connectivity index (χ1) is 20.1. The highest BCUT2D eigenvalue weighted by molar-refractivity contribution is 5.50. The van der Waals surface area contributed by atoms with Crippen molar-refractivity contribution in [2.75, 3.05) is 37.0 Å². The lowest BCUT2D eigenvalue weighted by molar-refractivity contribution is -0.138. The molecule has 1 fully saturated rings. The van der Waals surface area contributed by atoms with E-state index in [1.165, 1.54) is 7.11 Å². The maximum absolute atomic E-state index is 13.9. The number of aryl methyl sites for hydroxylation is 1. The van der Waals surface area contributed by atoms with Gasteiger partial charge in [-0.3, -0.25) is 4.79 Å². The minimum absolute atomic E-state index is 0.0111. The van der Waals surface area contributed by atoms with Gasteiger partial charge in [-0.25, -0.2) is 9.67 Å². The zero-order valence-corrected chi connectivity index (χ0v) is 23.3. The second-order valence-electron chi connectivity index (χ2n) is 10.1. The number of benzene rings is 1. The van der Waals surface area contributed by atoms with Gasteiger partial charge in [-0.1, -0.05) is 23.4 Å². The van der Waals surface area contributed by atoms with E-state index in [0.717, 1.165) is 22.3 Å². The molecule has 4 heterocycles. The fourth-order valence-electron chi connectivity index (χ4n) is 4.49. The zero-order chi connectivity index (χ0) is 29.9. The third kappa shape index (κ3) is 6.70. The number of halogens is 3. The van der Waals surface area contributed by atoms with Gasteiger partial charge in [-0.05, 0) is 43.2 Å². The molecular weight excluding hydrogens is 555 g/mol. The van der Waals surface area contributed by atoms with Crippen LogP contribution < -0.4 is 20.5 Å². The Hall–Kier alpha value is -4.46. The van der Waals surface area contributed by atoms with E-state index in [1.807, 2.05) is 25.3 Å². The third-order valence-electron chi connectivity index (χ3n) is 6.76. The van der Waals surface area contributed by atoms with Gasteiger partial charge in [0, 0.05) is 25.3 Å². The van der Waals surface area contributed by atoms with Gasteiger partial charge in [0.25, 0.3) is 11.4 Å². The van der Waals surface area contributed by atoms with E-state index in [-0.39, 0.29) is 31.6 Å². The highest BCUT2D eigenvalue weighted by Gasteiger charge is 2.38. The highest BCUT2D eigenvalue weighted by atomic mass is 19.4. The number of ether oxygens (including phenoxy) is 2. The minimum atomic E-state index is -4.89. The molecule has 0 spiro atoms. The van der Waals surface area contributed by atoms with Gasteiger partial charge in [-0.2, -0.15) is 23.3 Å². The Labute approximate surface area is 239 Å². The van der Waals surface area contributed by atoms with Crippen LogP contribution >= 0.6 is 0 Å². The maximum Gasteiger partial charge on any atom is 0.423 e. The highest BCUT2D eigenvalue weighted by Crippen LogP contribution is 2.32. The van der Waals surface area contributed by atoms with E-state index in [0.29, 0.717) is 30.2 Å². The fraction of sp³-hybridized carbons (Fsp3) is 0.393. The van der Waals surface area contributed by atoms with Crippen molar-refractivity contribution in [1.82, 2.24) is 24.9 Å². The predicted molar refractivity (Wildman–Crippen MR) is 147 cm³/mol. The molecule has 1 aromatic carbocycles. The molecule has 3 aromatic heterocycles. The van der Waals surface area contributed by atoms with Crippen LogP contribution in [0.4, 0.5) is 24.7 Å². The molecule has 11 nitrogen and oxygen atoms in total. The summed E-state index contributed by atoms with van der Waals surface area (Å²) < 4.78 is 58.5. The van der Waals surface area contributed by atoms with Crippen LogP contribution in [0.25, 0.3) is 0 Å². The number of anilines is 2. The molecule has 1 atom stereocenters. The van der Waals surface area contributed by atoms with Crippen LogP contribution in [0.1, 0.15) is 41.2 Å². The molecule has 0 amide bonds. The molecule has 1 saturated heterocycles. The molecule has 0 saturated carbocycles. The quantitative estimate of drug-likeness (QED) is 0.276. The number of methoxy groups -OCH3 is 1. The summed E-state index contributed by atoms with van der Waals surface area (Å²) in [6.45, 7) is 4.92. The molecule has 222 valence electrons. The van der Waals surface area contributed by atoms with Crippen molar-refractivity contribution in [3.8, 4) is 5.75 Å². The van der Waals surface area contributed by atoms with E-state index in [1.54, 1.807) is 31.2 Å². The molecule has 0 radical (unpaired) electrons. The van der Waals surface area contributed by atoms with Crippen molar-refractivity contribution < 1.29 is 27.2 Å². The third-order valence-corrected chi connectivity index (χ3v) is 6.76. The molecule has 0 bridgehead atoms. The Morgan fingerprint density at radius 1 is 1.14 bits per heavy atom. The van der Waals surface area contributed by atoms with Crippen molar-refractivity contribution in [2.45, 2.75) is 45.1 Å². The van der Waals surface area contributed by atoms with Crippen molar-refractivity contribution in [3.05, 3.63) is 87.6 Å². The molecule has 1 aliphatic rings. The van der Waals surface area contributed by atoms with Crippen molar-refractivity contribution in [1.29, 1.82) is 0 Å². The van der Waals surface area contributed by atoms with Crippen LogP contribution in [0.3, 0.4) is 0 Å². The van der Waals surface area contributed by atoms with Gasteiger partial charge in [0.2, 0.25) is 0 Å². The standard InChI is InChI=1S/C28H30F3N7O4/c1-17-4-9-23(32-10-17)37-13-20(14-37)26-35-24(42-36-26)16-41-15-18(2)34-22-11-33-38(27(39)25(22)28(29,30)31)12-19-5-7-21(40-3)8-6-19/h4-11,18,20,34H,12-16H2,1-3H3. The first-order valence-corrected chi connectivity index (χ1v) is 13.3. The average Bonchev–Trinajstić information content (AvgIpc) is 3.38. The Morgan fingerprint density at radius 3 is 2.57 bits per heavy atom. The van der Waals surface area contributed by atoms with Gasteiger partial charge in [0.05, 0.1) is 38.1 Å². The number of hydrogen-bond acceptors (Lipinski definition) is 10. The predicted octanol–water partition coefficient (Wildman–Crippen LogP) is 4.03. The molecule has 42 heavy (non-hydrogen) atoms. The van der Waals surface area contributed by atoms with Gasteiger partial charge in [-0.15, -0.1) is 0 Å². The average molecular weight is 586 g/mol. The summed E-state index contributed by atoms with van der Waals surface area (Å²) in [4.78, 5) is 23.7. The number of rotatable bonds is 11. The Kier molecular flexibility index (Phi) is 8.43.